The molecule has 7 heteroatoms. The first-order chi connectivity index (χ1) is 10.5. The first-order valence-corrected chi connectivity index (χ1v) is 7.69. The second-order valence-corrected chi connectivity index (χ2v) is 5.61. The molecule has 2 rings (SSSR count). The number of amides is 1. The number of halogens is 3. The molecule has 1 amide bonds. The zero-order chi connectivity index (χ0) is 16.1. The van der Waals surface area contributed by atoms with Crippen molar-refractivity contribution in [3.63, 3.8) is 0 Å². The monoisotopic (exact) mass is 386 g/mol. The van der Waals surface area contributed by atoms with Crippen molar-refractivity contribution in [3.8, 4) is 5.88 Å². The number of pyridine rings is 1. The molecule has 0 radical (unpaired) electrons. The molecule has 0 aliphatic heterocycles. The molecular formula is C15H13BrClFN2O2. The van der Waals surface area contributed by atoms with Gasteiger partial charge in [0.25, 0.3) is 5.91 Å². The molecule has 0 saturated heterocycles. The van der Waals surface area contributed by atoms with E-state index >= 15 is 0 Å². The van der Waals surface area contributed by atoms with Gasteiger partial charge >= 0.3 is 0 Å². The van der Waals surface area contributed by atoms with Gasteiger partial charge in [0, 0.05) is 12.6 Å². The van der Waals surface area contributed by atoms with Crippen LogP contribution in [0.25, 0.3) is 0 Å². The molecule has 0 aliphatic rings. The molecule has 2 aromatic rings. The summed E-state index contributed by atoms with van der Waals surface area (Å²) in [5, 5.41) is 2.87. The van der Waals surface area contributed by atoms with E-state index in [9.17, 15) is 9.18 Å². The summed E-state index contributed by atoms with van der Waals surface area (Å²) in [6, 6.07) is 7.77. The molecule has 0 atom stereocenters. The third-order valence-electron chi connectivity index (χ3n) is 2.76. The molecular weight excluding hydrogens is 375 g/mol. The van der Waals surface area contributed by atoms with Gasteiger partial charge in [-0.3, -0.25) is 4.79 Å². The number of hydrogen-bond donors (Lipinski definition) is 1. The van der Waals surface area contributed by atoms with Crippen LogP contribution in [0, 0.1) is 5.82 Å². The number of carbonyl (C=O) groups is 1. The van der Waals surface area contributed by atoms with Gasteiger partial charge in [-0.2, -0.15) is 0 Å². The lowest BCUT2D eigenvalue weighted by molar-refractivity contribution is 0.0945. The highest BCUT2D eigenvalue weighted by Crippen LogP contribution is 2.19. The van der Waals surface area contributed by atoms with Gasteiger partial charge in [-0.15, -0.1) is 0 Å². The number of ether oxygens (including phenoxy) is 1. The number of nitrogens with one attached hydrogen (secondary N) is 1. The molecule has 116 valence electrons. The SMILES string of the molecule is CCOc1ccc(Cl)c(C(=O)NCc2ccc(Br)c(F)c2)n1. The Balaban J connectivity index is 2.08. The van der Waals surface area contributed by atoms with Gasteiger partial charge < -0.3 is 10.1 Å². The van der Waals surface area contributed by atoms with Crippen molar-refractivity contribution in [3.05, 3.63) is 56.9 Å². The lowest BCUT2D eigenvalue weighted by atomic mass is 10.2. The van der Waals surface area contributed by atoms with E-state index in [4.69, 9.17) is 16.3 Å². The van der Waals surface area contributed by atoms with E-state index in [1.165, 1.54) is 6.07 Å². The molecule has 1 N–H and O–H groups in total. The van der Waals surface area contributed by atoms with E-state index in [0.29, 0.717) is 22.5 Å². The Bertz CT molecular complexity index is 697. The summed E-state index contributed by atoms with van der Waals surface area (Å²) < 4.78 is 19.0. The fourth-order valence-corrected chi connectivity index (χ4v) is 2.17. The van der Waals surface area contributed by atoms with Crippen molar-refractivity contribution in [2.24, 2.45) is 0 Å². The quantitative estimate of drug-likeness (QED) is 0.845. The standard InChI is InChI=1S/C15H13BrClFN2O2/c1-2-22-13-6-5-11(17)14(20-13)15(21)19-8-9-3-4-10(16)12(18)7-9/h3-7H,2,8H2,1H3,(H,19,21). The second kappa shape index (κ2) is 7.56. The Kier molecular flexibility index (Phi) is 5.74. The number of hydrogen-bond acceptors (Lipinski definition) is 3. The van der Waals surface area contributed by atoms with Crippen molar-refractivity contribution in [2.75, 3.05) is 6.61 Å². The number of rotatable bonds is 5. The van der Waals surface area contributed by atoms with E-state index in [1.54, 1.807) is 24.3 Å². The normalized spacial score (nSPS) is 10.4. The number of carbonyl (C=O) groups excluding carboxylic acids is 1. The minimum atomic E-state index is -0.449. The first kappa shape index (κ1) is 16.7. The second-order valence-electron chi connectivity index (χ2n) is 4.34. The number of benzene rings is 1. The molecule has 0 spiro atoms. The van der Waals surface area contributed by atoms with Crippen LogP contribution in [0.1, 0.15) is 23.0 Å². The van der Waals surface area contributed by atoms with Gasteiger partial charge in [0.15, 0.2) is 5.69 Å². The fraction of sp³-hybridized carbons (Fsp3) is 0.200. The molecule has 0 unspecified atom stereocenters. The van der Waals surface area contributed by atoms with Gasteiger partial charge in [0.05, 0.1) is 16.1 Å². The maximum Gasteiger partial charge on any atom is 0.271 e. The lowest BCUT2D eigenvalue weighted by Crippen LogP contribution is -2.24. The maximum atomic E-state index is 13.4. The van der Waals surface area contributed by atoms with Gasteiger partial charge in [-0.25, -0.2) is 9.37 Å². The summed E-state index contributed by atoms with van der Waals surface area (Å²) in [6.07, 6.45) is 0. The molecule has 1 aromatic heterocycles. The molecule has 0 saturated carbocycles. The first-order valence-electron chi connectivity index (χ1n) is 6.52. The number of aromatic nitrogens is 1. The molecule has 0 fully saturated rings. The van der Waals surface area contributed by atoms with E-state index in [-0.39, 0.29) is 23.1 Å². The maximum absolute atomic E-state index is 13.4. The molecule has 0 aliphatic carbocycles. The van der Waals surface area contributed by atoms with E-state index in [0.717, 1.165) is 0 Å². The van der Waals surface area contributed by atoms with Gasteiger partial charge in [0.1, 0.15) is 5.82 Å². The van der Waals surface area contributed by atoms with Crippen molar-refractivity contribution in [2.45, 2.75) is 13.5 Å². The van der Waals surface area contributed by atoms with Crippen LogP contribution in [-0.4, -0.2) is 17.5 Å². The third-order valence-corrected chi connectivity index (χ3v) is 3.71. The summed E-state index contributed by atoms with van der Waals surface area (Å²) in [5.74, 6) is -0.511. The minimum Gasteiger partial charge on any atom is -0.478 e. The van der Waals surface area contributed by atoms with Crippen molar-refractivity contribution in [1.82, 2.24) is 10.3 Å². The summed E-state index contributed by atoms with van der Waals surface area (Å²) in [4.78, 5) is 16.2. The van der Waals surface area contributed by atoms with Crippen molar-refractivity contribution >= 4 is 33.4 Å². The van der Waals surface area contributed by atoms with Gasteiger partial charge in [0.2, 0.25) is 5.88 Å². The molecule has 1 heterocycles. The lowest BCUT2D eigenvalue weighted by Gasteiger charge is -2.08. The topological polar surface area (TPSA) is 51.2 Å². The molecule has 1 aromatic carbocycles. The Morgan fingerprint density at radius 1 is 1.41 bits per heavy atom. The summed E-state index contributed by atoms with van der Waals surface area (Å²) in [7, 11) is 0. The van der Waals surface area contributed by atoms with Crippen LogP contribution in [0.4, 0.5) is 4.39 Å². The van der Waals surface area contributed by atoms with E-state index in [1.807, 2.05) is 6.92 Å². The predicted molar refractivity (Wildman–Crippen MR) is 85.7 cm³/mol. The largest absolute Gasteiger partial charge is 0.478 e. The van der Waals surface area contributed by atoms with Gasteiger partial charge in [-0.05, 0) is 46.6 Å². The highest BCUT2D eigenvalue weighted by molar-refractivity contribution is 9.10. The zero-order valence-corrected chi connectivity index (χ0v) is 14.0. The van der Waals surface area contributed by atoms with E-state index in [2.05, 4.69) is 26.2 Å². The zero-order valence-electron chi connectivity index (χ0n) is 11.7. The summed E-state index contributed by atoms with van der Waals surface area (Å²) >= 11 is 9.05. The molecule has 0 bridgehead atoms. The molecule has 4 nitrogen and oxygen atoms in total. The minimum absolute atomic E-state index is 0.0743. The Morgan fingerprint density at radius 3 is 2.86 bits per heavy atom. The van der Waals surface area contributed by atoms with Crippen LogP contribution in [0.15, 0.2) is 34.8 Å². The highest BCUT2D eigenvalue weighted by Gasteiger charge is 2.14. The predicted octanol–water partition coefficient (Wildman–Crippen LogP) is 3.97. The highest BCUT2D eigenvalue weighted by atomic mass is 79.9. The van der Waals surface area contributed by atoms with Crippen LogP contribution in [0.2, 0.25) is 5.02 Å². The van der Waals surface area contributed by atoms with Crippen LogP contribution in [-0.2, 0) is 6.54 Å². The van der Waals surface area contributed by atoms with Crippen LogP contribution < -0.4 is 10.1 Å². The molecule has 22 heavy (non-hydrogen) atoms. The fourth-order valence-electron chi connectivity index (χ4n) is 1.73. The Labute approximate surface area is 140 Å². The summed E-state index contributed by atoms with van der Waals surface area (Å²) in [6.45, 7) is 2.42. The van der Waals surface area contributed by atoms with E-state index < -0.39 is 5.91 Å². The Morgan fingerprint density at radius 2 is 2.18 bits per heavy atom. The number of nitrogens with zero attached hydrogens (tertiary/aromatic N) is 1. The van der Waals surface area contributed by atoms with Crippen LogP contribution in [0.3, 0.4) is 0 Å². The Hall–Kier alpha value is -1.66. The third kappa shape index (κ3) is 4.18. The van der Waals surface area contributed by atoms with Crippen molar-refractivity contribution in [1.29, 1.82) is 0 Å². The van der Waals surface area contributed by atoms with Crippen LogP contribution in [0.5, 0.6) is 5.88 Å². The average Bonchev–Trinajstić information content (AvgIpc) is 2.50. The van der Waals surface area contributed by atoms with Gasteiger partial charge in [-0.1, -0.05) is 17.7 Å². The van der Waals surface area contributed by atoms with Crippen molar-refractivity contribution < 1.29 is 13.9 Å². The van der Waals surface area contributed by atoms with Crippen LogP contribution >= 0.6 is 27.5 Å². The summed E-state index contributed by atoms with van der Waals surface area (Å²) in [5.41, 5.74) is 0.705. The average molecular weight is 388 g/mol. The smallest absolute Gasteiger partial charge is 0.271 e.